The normalized spacial score (nSPS) is 12.9. The summed E-state index contributed by atoms with van der Waals surface area (Å²) in [6.07, 6.45) is -8.71. The molecule has 1 aromatic heterocycles. The molecule has 0 spiro atoms. The molecule has 0 atom stereocenters. The molecule has 2 N–H and O–H groups in total. The second kappa shape index (κ2) is 6.52. The van der Waals surface area contributed by atoms with E-state index in [9.17, 15) is 34.8 Å². The molecular formula is C13H9F6N3O2S. The van der Waals surface area contributed by atoms with Crippen molar-refractivity contribution in [3.8, 4) is 0 Å². The van der Waals surface area contributed by atoms with Crippen LogP contribution >= 0.6 is 0 Å². The number of anilines is 1. The van der Waals surface area contributed by atoms with Crippen molar-refractivity contribution in [2.75, 3.05) is 5.43 Å². The minimum atomic E-state index is -4.61. The van der Waals surface area contributed by atoms with E-state index < -0.39 is 38.4 Å². The van der Waals surface area contributed by atoms with E-state index in [1.165, 1.54) is 0 Å². The van der Waals surface area contributed by atoms with Gasteiger partial charge in [-0.05, 0) is 36.4 Å². The summed E-state index contributed by atoms with van der Waals surface area (Å²) in [4.78, 5) is 4.71. The Morgan fingerprint density at radius 3 is 1.76 bits per heavy atom. The van der Waals surface area contributed by atoms with Crippen LogP contribution in [-0.2, 0) is 22.4 Å². The van der Waals surface area contributed by atoms with Crippen molar-refractivity contribution in [2.45, 2.75) is 17.2 Å². The van der Waals surface area contributed by atoms with E-state index in [-0.39, 0.29) is 5.82 Å². The molecule has 0 fully saturated rings. The van der Waals surface area contributed by atoms with Crippen LogP contribution in [0.25, 0.3) is 0 Å². The first kappa shape index (κ1) is 19.0. The first-order valence-corrected chi connectivity index (χ1v) is 7.86. The summed E-state index contributed by atoms with van der Waals surface area (Å²) in [5.41, 5.74) is 0.0196. The molecule has 0 saturated heterocycles. The zero-order valence-electron chi connectivity index (χ0n) is 12.0. The quantitative estimate of drug-likeness (QED) is 0.625. The van der Waals surface area contributed by atoms with Crippen molar-refractivity contribution in [2.24, 2.45) is 0 Å². The number of hydrogen-bond acceptors (Lipinski definition) is 4. The SMILES string of the molecule is O=S(=O)(NNc1ccc(C(F)(F)F)cn1)c1ccc(C(F)(F)F)cc1. The summed E-state index contributed by atoms with van der Waals surface area (Å²) in [5.74, 6) is -0.233. The molecule has 25 heavy (non-hydrogen) atoms. The number of aromatic nitrogens is 1. The van der Waals surface area contributed by atoms with Gasteiger partial charge in [0.15, 0.2) is 0 Å². The number of sulfonamides is 1. The average Bonchev–Trinajstić information content (AvgIpc) is 2.52. The molecule has 136 valence electrons. The van der Waals surface area contributed by atoms with Gasteiger partial charge in [-0.1, -0.05) is 0 Å². The number of halogens is 6. The second-order valence-corrected chi connectivity index (χ2v) is 6.36. The van der Waals surface area contributed by atoms with Gasteiger partial charge >= 0.3 is 12.4 Å². The number of pyridine rings is 1. The van der Waals surface area contributed by atoms with Crippen LogP contribution in [0, 0.1) is 0 Å². The van der Waals surface area contributed by atoms with E-state index in [4.69, 9.17) is 0 Å². The highest BCUT2D eigenvalue weighted by atomic mass is 32.2. The predicted molar refractivity (Wildman–Crippen MR) is 74.6 cm³/mol. The number of rotatable bonds is 4. The Bertz CT molecular complexity index is 830. The molecule has 2 aromatic rings. The van der Waals surface area contributed by atoms with Crippen molar-refractivity contribution >= 4 is 15.8 Å². The van der Waals surface area contributed by atoms with Crippen molar-refractivity contribution in [1.82, 2.24) is 9.82 Å². The highest BCUT2D eigenvalue weighted by Crippen LogP contribution is 2.30. The van der Waals surface area contributed by atoms with Gasteiger partial charge in [0.25, 0.3) is 10.0 Å². The largest absolute Gasteiger partial charge is 0.417 e. The molecule has 1 aromatic carbocycles. The molecule has 0 aliphatic rings. The average molecular weight is 385 g/mol. The van der Waals surface area contributed by atoms with Gasteiger partial charge in [0.1, 0.15) is 5.82 Å². The van der Waals surface area contributed by atoms with Gasteiger partial charge in [-0.15, -0.1) is 4.83 Å². The third kappa shape index (κ3) is 4.82. The summed E-state index contributed by atoms with van der Waals surface area (Å²) in [6.45, 7) is 0. The van der Waals surface area contributed by atoms with Gasteiger partial charge in [0.2, 0.25) is 0 Å². The van der Waals surface area contributed by atoms with E-state index in [0.29, 0.717) is 24.4 Å². The third-order valence-electron chi connectivity index (χ3n) is 2.90. The number of alkyl halides is 6. The van der Waals surface area contributed by atoms with Crippen LogP contribution in [0.15, 0.2) is 47.5 Å². The molecule has 0 radical (unpaired) electrons. The summed E-state index contributed by atoms with van der Waals surface area (Å²) in [6, 6.07) is 4.23. The van der Waals surface area contributed by atoms with Crippen LogP contribution in [0.4, 0.5) is 32.2 Å². The lowest BCUT2D eigenvalue weighted by atomic mass is 10.2. The number of hydrazine groups is 1. The lowest BCUT2D eigenvalue weighted by Gasteiger charge is -2.11. The maximum Gasteiger partial charge on any atom is 0.417 e. The van der Waals surface area contributed by atoms with E-state index >= 15 is 0 Å². The standard InChI is InChI=1S/C13H9F6N3O2S/c14-12(15,16)8-1-4-10(5-2-8)25(23,24)22-21-11-6-3-9(7-20-11)13(17,18)19/h1-7,22H,(H,20,21). The fraction of sp³-hybridized carbons (Fsp3) is 0.154. The Balaban J connectivity index is 2.09. The van der Waals surface area contributed by atoms with Gasteiger partial charge in [-0.3, -0.25) is 5.43 Å². The highest BCUT2D eigenvalue weighted by molar-refractivity contribution is 7.89. The van der Waals surface area contributed by atoms with Gasteiger partial charge in [0.05, 0.1) is 16.0 Å². The number of hydrogen-bond donors (Lipinski definition) is 2. The van der Waals surface area contributed by atoms with Crippen LogP contribution in [0.1, 0.15) is 11.1 Å². The summed E-state index contributed by atoms with van der Waals surface area (Å²) >= 11 is 0. The van der Waals surface area contributed by atoms with Gasteiger partial charge in [0, 0.05) is 6.20 Å². The van der Waals surface area contributed by atoms with Gasteiger partial charge in [-0.2, -0.15) is 26.3 Å². The highest BCUT2D eigenvalue weighted by Gasteiger charge is 2.31. The van der Waals surface area contributed by atoms with Crippen LogP contribution in [0.5, 0.6) is 0 Å². The summed E-state index contributed by atoms with van der Waals surface area (Å²) in [7, 11) is -4.25. The molecule has 0 aliphatic carbocycles. The van der Waals surface area contributed by atoms with Crippen LogP contribution < -0.4 is 10.3 Å². The van der Waals surface area contributed by atoms with Crippen molar-refractivity contribution in [3.05, 3.63) is 53.7 Å². The Hall–Kier alpha value is -2.34. The molecule has 12 heteroatoms. The van der Waals surface area contributed by atoms with Crippen molar-refractivity contribution in [1.29, 1.82) is 0 Å². The lowest BCUT2D eigenvalue weighted by molar-refractivity contribution is -0.138. The Morgan fingerprint density at radius 1 is 0.800 bits per heavy atom. The number of benzene rings is 1. The van der Waals surface area contributed by atoms with Gasteiger partial charge < -0.3 is 0 Å². The molecule has 2 rings (SSSR count). The molecule has 0 bridgehead atoms. The summed E-state index contributed by atoms with van der Waals surface area (Å²) in [5, 5.41) is 0. The van der Waals surface area contributed by atoms with Crippen LogP contribution in [0.2, 0.25) is 0 Å². The maximum absolute atomic E-state index is 12.4. The zero-order valence-corrected chi connectivity index (χ0v) is 12.8. The van der Waals surface area contributed by atoms with Gasteiger partial charge in [-0.25, -0.2) is 13.4 Å². The fourth-order valence-corrected chi connectivity index (χ4v) is 2.49. The maximum atomic E-state index is 12.4. The Kier molecular flexibility index (Phi) is 4.95. The molecule has 0 unspecified atom stereocenters. The van der Waals surface area contributed by atoms with Crippen molar-refractivity contribution < 1.29 is 34.8 Å². The minimum absolute atomic E-state index is 0.233. The second-order valence-electron chi connectivity index (χ2n) is 4.68. The Labute approximate surface area is 137 Å². The first-order valence-electron chi connectivity index (χ1n) is 6.38. The molecule has 1 heterocycles. The fourth-order valence-electron chi connectivity index (χ4n) is 1.64. The monoisotopic (exact) mass is 385 g/mol. The third-order valence-corrected chi connectivity index (χ3v) is 4.16. The van der Waals surface area contributed by atoms with Crippen LogP contribution in [-0.4, -0.2) is 13.4 Å². The number of nitrogens with one attached hydrogen (secondary N) is 2. The van der Waals surface area contributed by atoms with Crippen molar-refractivity contribution in [3.63, 3.8) is 0 Å². The topological polar surface area (TPSA) is 71.1 Å². The smallest absolute Gasteiger partial charge is 0.292 e. The Morgan fingerprint density at radius 2 is 1.32 bits per heavy atom. The molecule has 5 nitrogen and oxygen atoms in total. The summed E-state index contributed by atoms with van der Waals surface area (Å²) < 4.78 is 98.3. The predicted octanol–water partition coefficient (Wildman–Crippen LogP) is 3.42. The number of nitrogens with zero attached hydrogens (tertiary/aromatic N) is 1. The van der Waals surface area contributed by atoms with E-state index in [0.717, 1.165) is 18.2 Å². The first-order chi connectivity index (χ1) is 11.4. The van der Waals surface area contributed by atoms with E-state index in [1.807, 2.05) is 0 Å². The van der Waals surface area contributed by atoms with E-state index in [1.54, 1.807) is 4.83 Å². The minimum Gasteiger partial charge on any atom is -0.292 e. The van der Waals surface area contributed by atoms with E-state index in [2.05, 4.69) is 10.4 Å². The molecule has 0 amide bonds. The zero-order chi connectivity index (χ0) is 18.9. The molecule has 0 aliphatic heterocycles. The van der Waals surface area contributed by atoms with Crippen LogP contribution in [0.3, 0.4) is 0 Å². The lowest BCUT2D eigenvalue weighted by Crippen LogP contribution is -2.30. The molecule has 0 saturated carbocycles. The molecular weight excluding hydrogens is 376 g/mol.